The number of aromatic hydroxyl groups is 1. The minimum atomic E-state index is -0.535. The molecule has 11 aromatic rings. The third-order valence-electron chi connectivity index (χ3n) is 14.8. The lowest BCUT2D eigenvalue weighted by atomic mass is 9.65. The second-order valence-electron chi connectivity index (χ2n) is 18.3. The molecule has 0 aliphatic heterocycles. The van der Waals surface area contributed by atoms with Gasteiger partial charge < -0.3 is 14.6 Å². The van der Waals surface area contributed by atoms with Gasteiger partial charge in [-0.25, -0.2) is 0 Å². The van der Waals surface area contributed by atoms with E-state index in [0.29, 0.717) is 5.75 Å². The van der Waals surface area contributed by atoms with Gasteiger partial charge in [-0.05, 0) is 128 Å². The van der Waals surface area contributed by atoms with E-state index in [1.165, 1.54) is 66.2 Å². The van der Waals surface area contributed by atoms with Crippen LogP contribution in [0.5, 0.6) is 5.75 Å². The first-order valence-corrected chi connectivity index (χ1v) is 23.6. The molecule has 0 amide bonds. The monoisotopic (exact) mass is 866 g/mol. The quantitative estimate of drug-likeness (QED) is 0.155. The van der Waals surface area contributed by atoms with Crippen molar-refractivity contribution in [1.82, 2.24) is 4.57 Å². The average molecular weight is 866 g/mol. The van der Waals surface area contributed by atoms with Crippen LogP contribution in [-0.2, 0) is 5.41 Å². The molecule has 318 valence electrons. The van der Waals surface area contributed by atoms with Gasteiger partial charge >= 0.3 is 0 Å². The molecule has 0 atom stereocenters. The summed E-state index contributed by atoms with van der Waals surface area (Å²) in [5.74, 6) is 0.370. The van der Waals surface area contributed by atoms with Crippen LogP contribution < -0.4 is 26.8 Å². The summed E-state index contributed by atoms with van der Waals surface area (Å²) >= 11 is 0. The van der Waals surface area contributed by atoms with Crippen molar-refractivity contribution in [2.24, 2.45) is 0 Å². The van der Waals surface area contributed by atoms with Crippen LogP contribution in [0.1, 0.15) is 22.3 Å². The van der Waals surface area contributed by atoms with Crippen molar-refractivity contribution in [1.29, 1.82) is 0 Å². The smallest absolute Gasteiger partial charge is 0.144 e. The van der Waals surface area contributed by atoms with Crippen LogP contribution in [0.25, 0.3) is 60.9 Å². The van der Waals surface area contributed by atoms with Crippen molar-refractivity contribution in [2.45, 2.75) is 5.41 Å². The highest BCUT2D eigenvalue weighted by molar-refractivity contribution is 6.62. The number of nitrogens with zero attached hydrogens (tertiary/aromatic N) is 2. The topological polar surface area (TPSA) is 28.4 Å². The van der Waals surface area contributed by atoms with Gasteiger partial charge in [0.1, 0.15) is 37.1 Å². The van der Waals surface area contributed by atoms with Gasteiger partial charge in [-0.3, -0.25) is 0 Å². The number of phenolic OH excluding ortho intramolecular Hbond substituents is 1. The number of hydrogen-bond acceptors (Lipinski definition) is 2. The number of aromatic nitrogens is 1. The van der Waals surface area contributed by atoms with Crippen LogP contribution in [0.2, 0.25) is 0 Å². The first kappa shape index (κ1) is 41.3. The van der Waals surface area contributed by atoms with E-state index in [4.69, 9.17) is 0 Å². The van der Waals surface area contributed by atoms with E-state index in [0.717, 1.165) is 55.8 Å². The molecular formula is C61H46B4N2O. The predicted molar refractivity (Wildman–Crippen MR) is 298 cm³/mol. The summed E-state index contributed by atoms with van der Waals surface area (Å²) in [6.45, 7) is 0. The Morgan fingerprint density at radius 2 is 0.912 bits per heavy atom. The van der Waals surface area contributed by atoms with Gasteiger partial charge in [0, 0.05) is 33.5 Å². The lowest BCUT2D eigenvalue weighted by Crippen LogP contribution is -2.44. The summed E-state index contributed by atoms with van der Waals surface area (Å²) in [6, 6.07) is 82.2. The Bertz CT molecular complexity index is 3650. The molecule has 0 unspecified atom stereocenters. The number of benzene rings is 10. The highest BCUT2D eigenvalue weighted by Crippen LogP contribution is 2.57. The Labute approximate surface area is 401 Å². The molecule has 0 saturated heterocycles. The first-order chi connectivity index (χ1) is 33.3. The molecule has 0 bridgehead atoms. The summed E-state index contributed by atoms with van der Waals surface area (Å²) in [7, 11) is 8.30. The Balaban J connectivity index is 1.03. The molecular weight excluding hydrogens is 820 g/mol. The standard InChI is InChI=1S/C61H46B4N2O/c62-56-55(57(63)60(68)59(65)58(56)64)39-26-31-45(32-27-39)66(44-29-24-38(25-30-44)40-28-35-54-50(36-40)49-21-11-13-23-53(49)67(54)43-18-8-3-9-19-43)46-33-34-48-47-20-10-12-22-51(47)61(52(48)37-46,41-14-4-1-5-15-41)42-16-6-2-7-17-42/h1-37,68H,62-65H2. The van der Waals surface area contributed by atoms with E-state index in [1.54, 1.807) is 0 Å². The molecule has 0 spiro atoms. The minimum absolute atomic E-state index is 0.370. The van der Waals surface area contributed by atoms with E-state index >= 15 is 0 Å². The van der Waals surface area contributed by atoms with Crippen molar-refractivity contribution < 1.29 is 5.11 Å². The summed E-state index contributed by atoms with van der Waals surface area (Å²) in [5.41, 5.74) is 22.3. The molecule has 1 aliphatic rings. The van der Waals surface area contributed by atoms with Crippen molar-refractivity contribution >= 4 is 92.1 Å². The average Bonchev–Trinajstić information content (AvgIpc) is 3.89. The minimum Gasteiger partial charge on any atom is -0.509 e. The summed E-state index contributed by atoms with van der Waals surface area (Å²) in [5, 5.41) is 13.7. The molecule has 1 N–H and O–H groups in total. The lowest BCUT2D eigenvalue weighted by molar-refractivity contribution is 0.484. The Morgan fingerprint density at radius 3 is 1.59 bits per heavy atom. The van der Waals surface area contributed by atoms with Gasteiger partial charge in [-0.2, -0.15) is 0 Å². The molecule has 3 nitrogen and oxygen atoms in total. The zero-order chi connectivity index (χ0) is 46.1. The number of rotatable bonds is 8. The van der Waals surface area contributed by atoms with E-state index in [9.17, 15) is 5.11 Å². The first-order valence-electron chi connectivity index (χ1n) is 23.6. The summed E-state index contributed by atoms with van der Waals surface area (Å²) in [6.07, 6.45) is 0. The van der Waals surface area contributed by atoms with Gasteiger partial charge in [-0.15, -0.1) is 0 Å². The van der Waals surface area contributed by atoms with E-state index in [2.05, 4.69) is 250 Å². The maximum Gasteiger partial charge on any atom is 0.144 e. The summed E-state index contributed by atoms with van der Waals surface area (Å²) < 4.78 is 2.37. The number of anilines is 3. The van der Waals surface area contributed by atoms with Gasteiger partial charge in [-0.1, -0.05) is 174 Å². The maximum absolute atomic E-state index is 11.2. The molecule has 12 rings (SSSR count). The largest absolute Gasteiger partial charge is 0.509 e. The number of phenols is 1. The molecule has 1 aliphatic carbocycles. The number of hydrogen-bond donors (Lipinski definition) is 1. The van der Waals surface area contributed by atoms with E-state index < -0.39 is 5.41 Å². The second kappa shape index (κ2) is 16.3. The van der Waals surface area contributed by atoms with Crippen molar-refractivity contribution in [2.75, 3.05) is 4.90 Å². The van der Waals surface area contributed by atoms with Crippen LogP contribution in [0, 0.1) is 0 Å². The highest BCUT2D eigenvalue weighted by Gasteiger charge is 2.46. The fourth-order valence-corrected chi connectivity index (χ4v) is 11.4. The molecule has 0 fully saturated rings. The van der Waals surface area contributed by atoms with Crippen LogP contribution in [-0.4, -0.2) is 41.1 Å². The zero-order valence-electron chi connectivity index (χ0n) is 38.7. The van der Waals surface area contributed by atoms with Crippen LogP contribution in [0.3, 0.4) is 0 Å². The number of fused-ring (bicyclic) bond motifs is 6. The third-order valence-corrected chi connectivity index (χ3v) is 14.8. The SMILES string of the molecule is Bc1c(B)c(O)c(B)c(-c2ccc(N(c3ccc(-c4ccc5c(c4)c4ccccc4n5-c4ccccc4)cc3)c3ccc4c(c3)C(c3ccccc3)(c3ccccc3)c3ccccc3-4)cc2)c1B. The van der Waals surface area contributed by atoms with Crippen LogP contribution >= 0.6 is 0 Å². The fraction of sp³-hybridized carbons (Fsp3) is 0.0164. The molecule has 1 heterocycles. The second-order valence-corrected chi connectivity index (χ2v) is 18.3. The highest BCUT2D eigenvalue weighted by atomic mass is 16.3. The van der Waals surface area contributed by atoms with Crippen molar-refractivity contribution in [3.63, 3.8) is 0 Å². The van der Waals surface area contributed by atoms with Crippen LogP contribution in [0.15, 0.2) is 224 Å². The lowest BCUT2D eigenvalue weighted by Gasteiger charge is -2.35. The van der Waals surface area contributed by atoms with Crippen LogP contribution in [0.4, 0.5) is 17.1 Å². The van der Waals surface area contributed by atoms with E-state index in [-0.39, 0.29) is 0 Å². The van der Waals surface area contributed by atoms with Gasteiger partial charge in [0.15, 0.2) is 0 Å². The molecule has 0 radical (unpaired) electrons. The number of para-hydroxylation sites is 2. The third kappa shape index (κ3) is 6.33. The Hall–Kier alpha value is -8.14. The predicted octanol–water partition coefficient (Wildman–Crippen LogP) is 8.69. The zero-order valence-corrected chi connectivity index (χ0v) is 38.7. The van der Waals surface area contributed by atoms with Gasteiger partial charge in [0.2, 0.25) is 0 Å². The normalized spacial score (nSPS) is 12.5. The molecule has 10 aromatic carbocycles. The van der Waals surface area contributed by atoms with Crippen molar-refractivity contribution in [3.8, 4) is 44.8 Å². The maximum atomic E-state index is 11.2. The Kier molecular flexibility index (Phi) is 9.92. The Morgan fingerprint density at radius 1 is 0.382 bits per heavy atom. The van der Waals surface area contributed by atoms with Gasteiger partial charge in [0.05, 0.1) is 16.4 Å². The van der Waals surface area contributed by atoms with E-state index in [1.807, 2.05) is 15.7 Å². The summed E-state index contributed by atoms with van der Waals surface area (Å²) in [4.78, 5) is 2.39. The van der Waals surface area contributed by atoms with Crippen molar-refractivity contribution in [3.05, 3.63) is 247 Å². The molecule has 1 aromatic heterocycles. The molecule has 0 saturated carbocycles. The fourth-order valence-electron chi connectivity index (χ4n) is 11.4. The molecule has 7 heteroatoms. The molecule has 68 heavy (non-hydrogen) atoms. The van der Waals surface area contributed by atoms with Gasteiger partial charge in [0.25, 0.3) is 0 Å².